The first-order valence-electron chi connectivity index (χ1n) is 7.68. The highest BCUT2D eigenvalue weighted by Gasteiger charge is 2.31. The molecule has 1 aromatic rings. The van der Waals surface area contributed by atoms with Crippen LogP contribution in [0, 0.1) is 11.2 Å². The molecular formula is C17H24FNO2. The van der Waals surface area contributed by atoms with Gasteiger partial charge in [-0.2, -0.15) is 0 Å². The molecule has 1 saturated carbocycles. The third-order valence-electron chi connectivity index (χ3n) is 4.68. The minimum atomic E-state index is -0.636. The highest BCUT2D eigenvalue weighted by atomic mass is 19.1. The Kier molecular flexibility index (Phi) is 5.34. The molecule has 2 rings (SSSR count). The molecule has 1 aromatic carbocycles. The number of rotatable bonds is 6. The number of hydrogen-bond acceptors (Lipinski definition) is 3. The molecule has 116 valence electrons. The van der Waals surface area contributed by atoms with Crippen molar-refractivity contribution in [3.63, 3.8) is 0 Å². The molecule has 1 aliphatic rings. The number of halogens is 1. The number of benzene rings is 1. The summed E-state index contributed by atoms with van der Waals surface area (Å²) in [4.78, 5) is 11.3. The van der Waals surface area contributed by atoms with Crippen LogP contribution < -0.4 is 5.32 Å². The summed E-state index contributed by atoms with van der Waals surface area (Å²) in [5, 5.41) is 3.44. The molecule has 0 unspecified atom stereocenters. The van der Waals surface area contributed by atoms with Crippen LogP contribution in [0.15, 0.2) is 18.2 Å². The standard InChI is InChI=1S/C17H24FNO2/c1-3-17(8-4-5-9-17)12-19-11-13-6-7-14(15(18)10-13)16(20)21-2/h6-7,10,19H,3-5,8-9,11-12H2,1-2H3. The number of methoxy groups -OCH3 is 1. The molecule has 1 aliphatic carbocycles. The number of nitrogens with one attached hydrogen (secondary N) is 1. The molecule has 0 amide bonds. The smallest absolute Gasteiger partial charge is 0.340 e. The molecular weight excluding hydrogens is 269 g/mol. The molecule has 21 heavy (non-hydrogen) atoms. The summed E-state index contributed by atoms with van der Waals surface area (Å²) >= 11 is 0. The minimum absolute atomic E-state index is 0.0120. The van der Waals surface area contributed by atoms with E-state index in [9.17, 15) is 9.18 Å². The van der Waals surface area contributed by atoms with Crippen molar-refractivity contribution < 1.29 is 13.9 Å². The fraction of sp³-hybridized carbons (Fsp3) is 0.588. The largest absolute Gasteiger partial charge is 0.465 e. The zero-order chi connectivity index (χ0) is 15.3. The molecule has 0 radical (unpaired) electrons. The van der Waals surface area contributed by atoms with Gasteiger partial charge in [0.05, 0.1) is 12.7 Å². The van der Waals surface area contributed by atoms with Crippen LogP contribution in [0.25, 0.3) is 0 Å². The highest BCUT2D eigenvalue weighted by molar-refractivity contribution is 5.89. The summed E-state index contributed by atoms with van der Waals surface area (Å²) in [7, 11) is 1.25. The zero-order valence-corrected chi connectivity index (χ0v) is 12.9. The van der Waals surface area contributed by atoms with Gasteiger partial charge in [-0.15, -0.1) is 0 Å². The quantitative estimate of drug-likeness (QED) is 0.813. The Morgan fingerprint density at radius 2 is 2.10 bits per heavy atom. The lowest BCUT2D eigenvalue weighted by molar-refractivity contribution is 0.0595. The lowest BCUT2D eigenvalue weighted by Crippen LogP contribution is -2.31. The first-order chi connectivity index (χ1) is 10.1. The average molecular weight is 293 g/mol. The molecule has 0 spiro atoms. The van der Waals surface area contributed by atoms with Gasteiger partial charge in [-0.3, -0.25) is 0 Å². The Labute approximate surface area is 125 Å². The molecule has 0 bridgehead atoms. The van der Waals surface area contributed by atoms with Crippen LogP contribution in [0.2, 0.25) is 0 Å². The van der Waals surface area contributed by atoms with Gasteiger partial charge in [0.2, 0.25) is 0 Å². The molecule has 1 fully saturated rings. The maximum atomic E-state index is 13.8. The summed E-state index contributed by atoms with van der Waals surface area (Å²) in [5.41, 5.74) is 1.26. The SMILES string of the molecule is CCC1(CNCc2ccc(C(=O)OC)c(F)c2)CCCC1. The number of carbonyl (C=O) groups excluding carboxylic acids is 1. The maximum absolute atomic E-state index is 13.8. The van der Waals surface area contributed by atoms with Gasteiger partial charge < -0.3 is 10.1 Å². The summed E-state index contributed by atoms with van der Waals surface area (Å²) in [6.45, 7) is 3.85. The van der Waals surface area contributed by atoms with E-state index in [1.807, 2.05) is 0 Å². The Hall–Kier alpha value is -1.42. The van der Waals surface area contributed by atoms with E-state index in [1.165, 1.54) is 51.3 Å². The molecule has 0 saturated heterocycles. The first kappa shape index (κ1) is 16.0. The Balaban J connectivity index is 1.92. The summed E-state index contributed by atoms with van der Waals surface area (Å²) < 4.78 is 18.4. The van der Waals surface area contributed by atoms with E-state index in [0.717, 1.165) is 12.1 Å². The topological polar surface area (TPSA) is 38.3 Å². The second-order valence-corrected chi connectivity index (χ2v) is 5.97. The Morgan fingerprint density at radius 1 is 1.38 bits per heavy atom. The van der Waals surface area contributed by atoms with Gasteiger partial charge >= 0.3 is 5.97 Å². The van der Waals surface area contributed by atoms with E-state index < -0.39 is 11.8 Å². The van der Waals surface area contributed by atoms with E-state index >= 15 is 0 Å². The second kappa shape index (κ2) is 7.03. The van der Waals surface area contributed by atoms with E-state index in [2.05, 4.69) is 17.0 Å². The third-order valence-corrected chi connectivity index (χ3v) is 4.68. The predicted octanol–water partition coefficient (Wildman–Crippen LogP) is 3.67. The number of esters is 1. The van der Waals surface area contributed by atoms with E-state index in [1.54, 1.807) is 6.07 Å². The van der Waals surface area contributed by atoms with E-state index in [4.69, 9.17) is 0 Å². The van der Waals surface area contributed by atoms with Crippen LogP contribution in [-0.4, -0.2) is 19.6 Å². The van der Waals surface area contributed by atoms with Gasteiger partial charge in [-0.05, 0) is 42.4 Å². The predicted molar refractivity (Wildman–Crippen MR) is 80.6 cm³/mol. The number of ether oxygens (including phenoxy) is 1. The Bertz CT molecular complexity index is 496. The van der Waals surface area contributed by atoms with Crippen LogP contribution in [0.1, 0.15) is 54.9 Å². The molecule has 0 atom stereocenters. The van der Waals surface area contributed by atoms with Crippen LogP contribution in [-0.2, 0) is 11.3 Å². The first-order valence-corrected chi connectivity index (χ1v) is 7.68. The highest BCUT2D eigenvalue weighted by Crippen LogP contribution is 2.40. The second-order valence-electron chi connectivity index (χ2n) is 5.97. The van der Waals surface area contributed by atoms with E-state index in [0.29, 0.717) is 12.0 Å². The molecule has 0 aromatic heterocycles. The van der Waals surface area contributed by atoms with Crippen molar-refractivity contribution >= 4 is 5.97 Å². The van der Waals surface area contributed by atoms with Crippen molar-refractivity contribution in [1.82, 2.24) is 5.32 Å². The minimum Gasteiger partial charge on any atom is -0.465 e. The van der Waals surface area contributed by atoms with Crippen LogP contribution in [0.5, 0.6) is 0 Å². The normalized spacial score (nSPS) is 16.9. The van der Waals surface area contributed by atoms with Crippen molar-refractivity contribution in [3.05, 3.63) is 35.1 Å². The zero-order valence-electron chi connectivity index (χ0n) is 12.9. The van der Waals surface area contributed by atoms with Gasteiger partial charge in [-0.25, -0.2) is 9.18 Å². The molecule has 0 aliphatic heterocycles. The van der Waals surface area contributed by atoms with Crippen molar-refractivity contribution in [2.24, 2.45) is 5.41 Å². The third kappa shape index (κ3) is 3.82. The van der Waals surface area contributed by atoms with Gasteiger partial charge in [0.25, 0.3) is 0 Å². The van der Waals surface area contributed by atoms with Crippen LogP contribution in [0.3, 0.4) is 0 Å². The van der Waals surface area contributed by atoms with E-state index in [-0.39, 0.29) is 5.56 Å². The van der Waals surface area contributed by atoms with Crippen molar-refractivity contribution in [3.8, 4) is 0 Å². The molecule has 3 nitrogen and oxygen atoms in total. The molecule has 0 heterocycles. The monoisotopic (exact) mass is 293 g/mol. The maximum Gasteiger partial charge on any atom is 0.340 e. The Morgan fingerprint density at radius 3 is 2.67 bits per heavy atom. The van der Waals surface area contributed by atoms with Gasteiger partial charge in [-0.1, -0.05) is 25.8 Å². The van der Waals surface area contributed by atoms with Crippen LogP contribution in [0.4, 0.5) is 4.39 Å². The van der Waals surface area contributed by atoms with Gasteiger partial charge in [0.1, 0.15) is 5.82 Å². The fourth-order valence-electron chi connectivity index (χ4n) is 3.20. The fourth-order valence-corrected chi connectivity index (χ4v) is 3.20. The van der Waals surface area contributed by atoms with Crippen molar-refractivity contribution in [1.29, 1.82) is 0 Å². The van der Waals surface area contributed by atoms with Crippen LogP contribution >= 0.6 is 0 Å². The summed E-state index contributed by atoms with van der Waals surface area (Å²) in [6.07, 6.45) is 6.39. The summed E-state index contributed by atoms with van der Waals surface area (Å²) in [6, 6.07) is 4.67. The number of hydrogen-bond donors (Lipinski definition) is 1. The van der Waals surface area contributed by atoms with Gasteiger partial charge in [0.15, 0.2) is 0 Å². The van der Waals surface area contributed by atoms with Gasteiger partial charge in [0, 0.05) is 13.1 Å². The molecule has 1 N–H and O–H groups in total. The lowest BCUT2D eigenvalue weighted by Gasteiger charge is -2.27. The average Bonchev–Trinajstić information content (AvgIpc) is 2.96. The number of carbonyl (C=O) groups is 1. The summed E-state index contributed by atoms with van der Waals surface area (Å²) in [5.74, 6) is -1.16. The van der Waals surface area contributed by atoms with Crippen molar-refractivity contribution in [2.45, 2.75) is 45.6 Å². The molecule has 4 heteroatoms. The van der Waals surface area contributed by atoms with Crippen molar-refractivity contribution in [2.75, 3.05) is 13.7 Å². The lowest BCUT2D eigenvalue weighted by atomic mass is 9.83.